The van der Waals surface area contributed by atoms with E-state index in [1.807, 2.05) is 0 Å². The average Bonchev–Trinajstić information content (AvgIpc) is 2.54. The molecule has 0 N–H and O–H groups in total. The van der Waals surface area contributed by atoms with Crippen molar-refractivity contribution < 1.29 is 27.5 Å². The number of ketones is 1. The molecule has 2 rings (SSSR count). The second kappa shape index (κ2) is 6.88. The van der Waals surface area contributed by atoms with E-state index in [1.54, 1.807) is 0 Å². The Hall–Kier alpha value is -2.97. The standard InChI is InChI=1S/C16H13F3N2O4/c1-3-25-15(24)12-8-13(9(2)22)20-21(14(12)23)11-6-4-5-10(7-11)16(17,18)19/h4-8H,3H2,1-2H3. The van der Waals surface area contributed by atoms with E-state index < -0.39 is 34.6 Å². The quantitative estimate of drug-likeness (QED) is 0.623. The maximum absolute atomic E-state index is 12.9. The molecule has 132 valence electrons. The van der Waals surface area contributed by atoms with Crippen LogP contribution in [0.5, 0.6) is 0 Å². The molecule has 25 heavy (non-hydrogen) atoms. The molecule has 0 fully saturated rings. The molecule has 0 aliphatic heterocycles. The first-order chi connectivity index (χ1) is 11.6. The first-order valence-corrected chi connectivity index (χ1v) is 7.15. The Morgan fingerprint density at radius 1 is 1.24 bits per heavy atom. The molecule has 0 spiro atoms. The molecule has 0 bridgehead atoms. The summed E-state index contributed by atoms with van der Waals surface area (Å²) in [6.45, 7) is 2.66. The number of esters is 1. The molecule has 0 radical (unpaired) electrons. The summed E-state index contributed by atoms with van der Waals surface area (Å²) in [6, 6.07) is 4.80. The number of ether oxygens (including phenoxy) is 1. The largest absolute Gasteiger partial charge is 0.462 e. The Morgan fingerprint density at radius 3 is 2.48 bits per heavy atom. The van der Waals surface area contributed by atoms with Crippen LogP contribution in [0, 0.1) is 0 Å². The van der Waals surface area contributed by atoms with Crippen LogP contribution in [0.1, 0.15) is 40.3 Å². The predicted octanol–water partition coefficient (Wildman–Crippen LogP) is 2.63. The number of Topliss-reactive ketones (excluding diaryl/α,β-unsaturated/α-hetero) is 1. The highest BCUT2D eigenvalue weighted by atomic mass is 19.4. The highest BCUT2D eigenvalue weighted by molar-refractivity contribution is 5.96. The van der Waals surface area contributed by atoms with Crippen LogP contribution >= 0.6 is 0 Å². The first kappa shape index (κ1) is 18.4. The molecule has 1 aromatic carbocycles. The molecular formula is C16H13F3N2O4. The maximum Gasteiger partial charge on any atom is 0.416 e. The van der Waals surface area contributed by atoms with Crippen molar-refractivity contribution in [3.05, 3.63) is 57.5 Å². The molecule has 0 aliphatic rings. The third-order valence-electron chi connectivity index (χ3n) is 3.19. The number of halogens is 3. The van der Waals surface area contributed by atoms with Crippen LogP contribution in [0.2, 0.25) is 0 Å². The summed E-state index contributed by atoms with van der Waals surface area (Å²) < 4.78 is 43.9. The number of aromatic nitrogens is 2. The summed E-state index contributed by atoms with van der Waals surface area (Å²) in [7, 11) is 0. The van der Waals surface area contributed by atoms with E-state index in [0.717, 1.165) is 25.1 Å². The van der Waals surface area contributed by atoms with E-state index >= 15 is 0 Å². The maximum atomic E-state index is 12.9. The van der Waals surface area contributed by atoms with Crippen molar-refractivity contribution in [2.75, 3.05) is 6.61 Å². The Morgan fingerprint density at radius 2 is 1.92 bits per heavy atom. The molecule has 0 unspecified atom stereocenters. The molecule has 6 nitrogen and oxygen atoms in total. The van der Waals surface area contributed by atoms with Crippen molar-refractivity contribution in [3.8, 4) is 5.69 Å². The average molecular weight is 354 g/mol. The van der Waals surface area contributed by atoms with Crippen LogP contribution in [0.4, 0.5) is 13.2 Å². The zero-order valence-corrected chi connectivity index (χ0v) is 13.3. The smallest absolute Gasteiger partial charge is 0.416 e. The van der Waals surface area contributed by atoms with Gasteiger partial charge in [0, 0.05) is 6.92 Å². The summed E-state index contributed by atoms with van der Waals surface area (Å²) in [5.41, 5.74) is -2.94. The third kappa shape index (κ3) is 3.93. The number of alkyl halides is 3. The van der Waals surface area contributed by atoms with Crippen LogP contribution in [-0.4, -0.2) is 28.1 Å². The number of benzene rings is 1. The second-order valence-corrected chi connectivity index (χ2v) is 4.98. The molecular weight excluding hydrogens is 341 g/mol. The van der Waals surface area contributed by atoms with Gasteiger partial charge in [0.05, 0.1) is 17.9 Å². The molecule has 0 saturated heterocycles. The molecule has 1 aromatic heterocycles. The molecule has 0 aliphatic carbocycles. The zero-order valence-electron chi connectivity index (χ0n) is 13.3. The van der Waals surface area contributed by atoms with E-state index in [2.05, 4.69) is 5.10 Å². The highest BCUT2D eigenvalue weighted by Crippen LogP contribution is 2.30. The van der Waals surface area contributed by atoms with E-state index in [0.29, 0.717) is 10.7 Å². The van der Waals surface area contributed by atoms with Gasteiger partial charge in [-0.25, -0.2) is 4.79 Å². The van der Waals surface area contributed by atoms with E-state index in [-0.39, 0.29) is 18.0 Å². The number of nitrogens with zero attached hydrogens (tertiary/aromatic N) is 2. The predicted molar refractivity (Wildman–Crippen MR) is 80.8 cm³/mol. The number of carbonyl (C=O) groups excluding carboxylic acids is 2. The van der Waals surface area contributed by atoms with Gasteiger partial charge >= 0.3 is 12.1 Å². The molecule has 0 saturated carbocycles. The Labute approximate surface area is 139 Å². The third-order valence-corrected chi connectivity index (χ3v) is 3.19. The summed E-state index contributed by atoms with van der Waals surface area (Å²) >= 11 is 0. The normalized spacial score (nSPS) is 11.2. The number of hydrogen-bond acceptors (Lipinski definition) is 5. The van der Waals surface area contributed by atoms with Crippen molar-refractivity contribution in [1.29, 1.82) is 0 Å². The van der Waals surface area contributed by atoms with Crippen LogP contribution < -0.4 is 5.56 Å². The van der Waals surface area contributed by atoms with Gasteiger partial charge in [-0.2, -0.15) is 23.0 Å². The van der Waals surface area contributed by atoms with Crippen molar-refractivity contribution >= 4 is 11.8 Å². The van der Waals surface area contributed by atoms with Gasteiger partial charge in [0.1, 0.15) is 11.3 Å². The molecule has 0 amide bonds. The summed E-state index contributed by atoms with van der Waals surface area (Å²) in [4.78, 5) is 35.9. The highest BCUT2D eigenvalue weighted by Gasteiger charge is 2.31. The molecule has 2 aromatic rings. The minimum absolute atomic E-state index is 0.0143. The second-order valence-electron chi connectivity index (χ2n) is 4.98. The van der Waals surface area contributed by atoms with Gasteiger partial charge in [0.25, 0.3) is 5.56 Å². The molecule has 0 atom stereocenters. The lowest BCUT2D eigenvalue weighted by Crippen LogP contribution is -2.30. The van der Waals surface area contributed by atoms with Crippen molar-refractivity contribution in [1.82, 2.24) is 9.78 Å². The van der Waals surface area contributed by atoms with Crippen molar-refractivity contribution in [3.63, 3.8) is 0 Å². The van der Waals surface area contributed by atoms with Crippen LogP contribution in [0.3, 0.4) is 0 Å². The van der Waals surface area contributed by atoms with Gasteiger partial charge in [-0.3, -0.25) is 9.59 Å². The SMILES string of the molecule is CCOC(=O)c1cc(C(C)=O)nn(-c2cccc(C(F)(F)F)c2)c1=O. The number of rotatable bonds is 4. The minimum atomic E-state index is -4.62. The van der Waals surface area contributed by atoms with Gasteiger partial charge in [0.15, 0.2) is 5.78 Å². The topological polar surface area (TPSA) is 78.3 Å². The number of hydrogen-bond donors (Lipinski definition) is 0. The minimum Gasteiger partial charge on any atom is -0.462 e. The van der Waals surface area contributed by atoms with Gasteiger partial charge in [-0.1, -0.05) is 6.07 Å². The summed E-state index contributed by atoms with van der Waals surface area (Å²) in [6.07, 6.45) is -4.62. The van der Waals surface area contributed by atoms with Gasteiger partial charge in [-0.05, 0) is 31.2 Å². The lowest BCUT2D eigenvalue weighted by molar-refractivity contribution is -0.137. The van der Waals surface area contributed by atoms with E-state index in [9.17, 15) is 27.6 Å². The first-order valence-electron chi connectivity index (χ1n) is 7.15. The fourth-order valence-electron chi connectivity index (χ4n) is 2.01. The lowest BCUT2D eigenvalue weighted by Gasteiger charge is -2.11. The summed E-state index contributed by atoms with van der Waals surface area (Å²) in [5, 5.41) is 3.75. The van der Waals surface area contributed by atoms with Crippen molar-refractivity contribution in [2.24, 2.45) is 0 Å². The van der Waals surface area contributed by atoms with Crippen LogP contribution in [0.15, 0.2) is 35.1 Å². The molecule has 1 heterocycles. The fraction of sp³-hybridized carbons (Fsp3) is 0.250. The lowest BCUT2D eigenvalue weighted by atomic mass is 10.2. The fourth-order valence-corrected chi connectivity index (χ4v) is 2.01. The van der Waals surface area contributed by atoms with Crippen LogP contribution in [0.25, 0.3) is 5.69 Å². The monoisotopic (exact) mass is 354 g/mol. The van der Waals surface area contributed by atoms with Gasteiger partial charge in [0.2, 0.25) is 0 Å². The Kier molecular flexibility index (Phi) is 5.05. The van der Waals surface area contributed by atoms with E-state index in [4.69, 9.17) is 4.74 Å². The van der Waals surface area contributed by atoms with Gasteiger partial charge in [-0.15, -0.1) is 0 Å². The Bertz CT molecular complexity index is 888. The number of carbonyl (C=O) groups is 2. The Balaban J connectivity index is 2.71. The molecule has 9 heteroatoms. The van der Waals surface area contributed by atoms with E-state index in [1.165, 1.54) is 13.0 Å². The van der Waals surface area contributed by atoms with Crippen molar-refractivity contribution in [2.45, 2.75) is 20.0 Å². The zero-order chi connectivity index (χ0) is 18.8. The van der Waals surface area contributed by atoms with Gasteiger partial charge < -0.3 is 4.74 Å². The van der Waals surface area contributed by atoms with Crippen LogP contribution in [-0.2, 0) is 10.9 Å². The summed E-state index contributed by atoms with van der Waals surface area (Å²) in [5.74, 6) is -1.55.